The summed E-state index contributed by atoms with van der Waals surface area (Å²) in [7, 11) is 1.80. The van der Waals surface area contributed by atoms with Crippen LogP contribution < -0.4 is 16.2 Å². The third kappa shape index (κ3) is 7.29. The highest BCUT2D eigenvalue weighted by Crippen LogP contribution is 2.07. The van der Waals surface area contributed by atoms with E-state index in [1.165, 1.54) is 12.0 Å². The van der Waals surface area contributed by atoms with Crippen molar-refractivity contribution in [3.05, 3.63) is 70.1 Å². The van der Waals surface area contributed by atoms with Crippen molar-refractivity contribution in [2.45, 2.75) is 52.7 Å². The Kier molecular flexibility index (Phi) is 8.11. The molecule has 0 radical (unpaired) electrons. The Balaban J connectivity index is 1.85. The van der Waals surface area contributed by atoms with Crippen molar-refractivity contribution in [1.29, 1.82) is 0 Å². The highest BCUT2D eigenvalue weighted by atomic mass is 16.1. The zero-order valence-electron chi connectivity index (χ0n) is 16.9. The molecular formula is C22H32N4O. The maximum Gasteiger partial charge on any atom is 0.250 e. The molecule has 5 heteroatoms. The summed E-state index contributed by atoms with van der Waals surface area (Å²) in [6.07, 6.45) is 4.15. The van der Waals surface area contributed by atoms with E-state index < -0.39 is 0 Å². The quantitative estimate of drug-likeness (QED) is 0.555. The van der Waals surface area contributed by atoms with E-state index >= 15 is 0 Å². The van der Waals surface area contributed by atoms with E-state index in [9.17, 15) is 4.79 Å². The van der Waals surface area contributed by atoms with Crippen LogP contribution in [0.25, 0.3) is 0 Å². The summed E-state index contributed by atoms with van der Waals surface area (Å²) >= 11 is 0. The second-order valence-electron chi connectivity index (χ2n) is 7.43. The van der Waals surface area contributed by atoms with Crippen molar-refractivity contribution in [3.63, 3.8) is 0 Å². The van der Waals surface area contributed by atoms with Gasteiger partial charge in [0.2, 0.25) is 0 Å². The molecule has 27 heavy (non-hydrogen) atoms. The van der Waals surface area contributed by atoms with Gasteiger partial charge in [0, 0.05) is 31.9 Å². The highest BCUT2D eigenvalue weighted by Gasteiger charge is 2.06. The van der Waals surface area contributed by atoms with Gasteiger partial charge in [-0.3, -0.25) is 9.79 Å². The number of nitrogens with zero attached hydrogens (tertiary/aromatic N) is 2. The minimum Gasteiger partial charge on any atom is -0.354 e. The maximum absolute atomic E-state index is 11.8. The molecule has 0 aliphatic carbocycles. The first-order valence-corrected chi connectivity index (χ1v) is 9.68. The number of guanidine groups is 1. The Morgan fingerprint density at radius 2 is 1.74 bits per heavy atom. The van der Waals surface area contributed by atoms with Crippen LogP contribution in [0.4, 0.5) is 0 Å². The molecule has 2 rings (SSSR count). The smallest absolute Gasteiger partial charge is 0.250 e. The van der Waals surface area contributed by atoms with Gasteiger partial charge >= 0.3 is 0 Å². The van der Waals surface area contributed by atoms with Crippen LogP contribution in [0.3, 0.4) is 0 Å². The van der Waals surface area contributed by atoms with E-state index in [2.05, 4.69) is 60.7 Å². The normalized spacial score (nSPS) is 12.9. The molecule has 0 bridgehead atoms. The summed E-state index contributed by atoms with van der Waals surface area (Å²) in [5.74, 6) is 1.54. The van der Waals surface area contributed by atoms with Crippen molar-refractivity contribution >= 4 is 5.96 Å². The van der Waals surface area contributed by atoms with Crippen LogP contribution in [0, 0.1) is 5.92 Å². The van der Waals surface area contributed by atoms with Crippen LogP contribution >= 0.6 is 0 Å². The average Bonchev–Trinajstić information content (AvgIpc) is 2.66. The monoisotopic (exact) mass is 368 g/mol. The first kappa shape index (κ1) is 20.7. The topological polar surface area (TPSA) is 58.4 Å². The fourth-order valence-electron chi connectivity index (χ4n) is 2.82. The van der Waals surface area contributed by atoms with E-state index in [0.29, 0.717) is 19.1 Å². The first-order chi connectivity index (χ1) is 13.0. The highest BCUT2D eigenvalue weighted by molar-refractivity contribution is 5.79. The standard InChI is InChI=1S/C22H32N4O/c1-17(2)8-9-18(3)25-22(23-4)24-15-19-10-12-20(13-11-19)16-26-14-6-5-7-21(26)27/h5-7,10-14,17-18H,8-9,15-16H2,1-4H3,(H2,23,24,25). The number of pyridine rings is 1. The van der Waals surface area contributed by atoms with Crippen molar-refractivity contribution in [3.8, 4) is 0 Å². The molecule has 0 saturated heterocycles. The first-order valence-electron chi connectivity index (χ1n) is 9.68. The number of nitrogens with one attached hydrogen (secondary N) is 2. The van der Waals surface area contributed by atoms with Gasteiger partial charge in [-0.1, -0.05) is 44.2 Å². The Bertz CT molecular complexity index is 777. The molecule has 0 aliphatic rings. The largest absolute Gasteiger partial charge is 0.354 e. The predicted molar refractivity (Wildman–Crippen MR) is 113 cm³/mol. The average molecular weight is 369 g/mol. The summed E-state index contributed by atoms with van der Waals surface area (Å²) in [6.45, 7) is 7.98. The number of hydrogen-bond donors (Lipinski definition) is 2. The van der Waals surface area contributed by atoms with Gasteiger partial charge in [-0.15, -0.1) is 0 Å². The van der Waals surface area contributed by atoms with Gasteiger partial charge in [-0.2, -0.15) is 0 Å². The molecule has 2 aromatic rings. The van der Waals surface area contributed by atoms with Crippen molar-refractivity contribution in [2.24, 2.45) is 10.9 Å². The van der Waals surface area contributed by atoms with Crippen molar-refractivity contribution in [2.75, 3.05) is 7.05 Å². The van der Waals surface area contributed by atoms with Gasteiger partial charge in [-0.25, -0.2) is 0 Å². The molecule has 2 N–H and O–H groups in total. The predicted octanol–water partition coefficient (Wildman–Crippen LogP) is 3.39. The fraction of sp³-hybridized carbons (Fsp3) is 0.455. The molecule has 1 atom stereocenters. The van der Waals surface area contributed by atoms with Gasteiger partial charge < -0.3 is 15.2 Å². The second-order valence-corrected chi connectivity index (χ2v) is 7.43. The molecule has 0 amide bonds. The Morgan fingerprint density at radius 1 is 1.04 bits per heavy atom. The number of hydrogen-bond acceptors (Lipinski definition) is 2. The van der Waals surface area contributed by atoms with Crippen LogP contribution in [0.1, 0.15) is 44.7 Å². The van der Waals surface area contributed by atoms with Gasteiger partial charge in [0.15, 0.2) is 5.96 Å². The number of aliphatic imine (C=N–C) groups is 1. The van der Waals surface area contributed by atoms with E-state index in [1.54, 1.807) is 23.7 Å². The van der Waals surface area contributed by atoms with E-state index in [-0.39, 0.29) is 5.56 Å². The van der Waals surface area contributed by atoms with Gasteiger partial charge in [0.25, 0.3) is 5.56 Å². The molecule has 0 aliphatic heterocycles. The summed E-state index contributed by atoms with van der Waals surface area (Å²) < 4.78 is 1.71. The molecular weight excluding hydrogens is 336 g/mol. The summed E-state index contributed by atoms with van der Waals surface area (Å²) in [4.78, 5) is 16.1. The van der Waals surface area contributed by atoms with Crippen LogP contribution in [0.5, 0.6) is 0 Å². The number of benzene rings is 1. The Hall–Kier alpha value is -2.56. The van der Waals surface area contributed by atoms with Crippen LogP contribution in [0.15, 0.2) is 58.4 Å². The lowest BCUT2D eigenvalue weighted by atomic mass is 10.0. The SMILES string of the molecule is CN=C(NCc1ccc(Cn2ccccc2=O)cc1)NC(C)CCC(C)C. The lowest BCUT2D eigenvalue weighted by molar-refractivity contribution is 0.489. The minimum absolute atomic E-state index is 0.0182. The number of rotatable bonds is 8. The molecule has 0 spiro atoms. The Morgan fingerprint density at radius 3 is 2.37 bits per heavy atom. The minimum atomic E-state index is 0.0182. The molecule has 0 saturated carbocycles. The van der Waals surface area contributed by atoms with Crippen LogP contribution in [0.2, 0.25) is 0 Å². The second kappa shape index (κ2) is 10.6. The van der Waals surface area contributed by atoms with E-state index in [4.69, 9.17) is 0 Å². The summed E-state index contributed by atoms with van der Waals surface area (Å²) in [6, 6.07) is 13.9. The van der Waals surface area contributed by atoms with Crippen LogP contribution in [-0.4, -0.2) is 23.6 Å². The summed E-state index contributed by atoms with van der Waals surface area (Å²) in [5, 5.41) is 6.81. The molecule has 0 fully saturated rings. The molecule has 5 nitrogen and oxygen atoms in total. The zero-order valence-corrected chi connectivity index (χ0v) is 16.9. The molecule has 1 aromatic carbocycles. The molecule has 1 unspecified atom stereocenters. The third-order valence-corrected chi connectivity index (χ3v) is 4.52. The van der Waals surface area contributed by atoms with Gasteiger partial charge in [-0.05, 0) is 42.9 Å². The molecule has 146 valence electrons. The van der Waals surface area contributed by atoms with Crippen molar-refractivity contribution < 1.29 is 0 Å². The Labute approximate surface area is 162 Å². The molecule has 1 heterocycles. The lowest BCUT2D eigenvalue weighted by Crippen LogP contribution is -2.41. The van der Waals surface area contributed by atoms with Crippen LogP contribution in [-0.2, 0) is 13.1 Å². The molecule has 1 aromatic heterocycles. The maximum atomic E-state index is 11.8. The fourth-order valence-corrected chi connectivity index (χ4v) is 2.82. The van der Waals surface area contributed by atoms with Crippen molar-refractivity contribution in [1.82, 2.24) is 15.2 Å². The van der Waals surface area contributed by atoms with Gasteiger partial charge in [0.05, 0.1) is 6.54 Å². The van der Waals surface area contributed by atoms with E-state index in [1.807, 2.05) is 12.3 Å². The lowest BCUT2D eigenvalue weighted by Gasteiger charge is -2.18. The summed E-state index contributed by atoms with van der Waals surface area (Å²) in [5.41, 5.74) is 2.30. The van der Waals surface area contributed by atoms with E-state index in [0.717, 1.165) is 23.9 Å². The third-order valence-electron chi connectivity index (χ3n) is 4.52. The zero-order chi connectivity index (χ0) is 19.6. The number of aromatic nitrogens is 1. The van der Waals surface area contributed by atoms with Gasteiger partial charge in [0.1, 0.15) is 0 Å².